The number of carbonyl (C=O) groups is 1. The molecule has 1 unspecified atom stereocenters. The summed E-state index contributed by atoms with van der Waals surface area (Å²) in [6.45, 7) is 3.62. The van der Waals surface area contributed by atoms with E-state index in [4.69, 9.17) is 4.74 Å². The normalized spacial score (nSPS) is 17.0. The monoisotopic (exact) mass is 353 g/mol. The first-order valence-corrected chi connectivity index (χ1v) is 9.35. The van der Waals surface area contributed by atoms with E-state index >= 15 is 0 Å². The first kappa shape index (κ1) is 18.2. The summed E-state index contributed by atoms with van der Waals surface area (Å²) in [5, 5.41) is 3.29. The van der Waals surface area contributed by atoms with E-state index in [0.717, 1.165) is 42.9 Å². The van der Waals surface area contributed by atoms with Crippen LogP contribution in [0.4, 0.5) is 5.82 Å². The predicted molar refractivity (Wildman–Crippen MR) is 104 cm³/mol. The number of para-hydroxylation sites is 1. The zero-order valence-corrected chi connectivity index (χ0v) is 15.6. The van der Waals surface area contributed by atoms with E-state index < -0.39 is 0 Å². The fourth-order valence-corrected chi connectivity index (χ4v) is 3.52. The van der Waals surface area contributed by atoms with Crippen LogP contribution in [0.5, 0.6) is 5.75 Å². The van der Waals surface area contributed by atoms with E-state index in [1.807, 2.05) is 41.3 Å². The summed E-state index contributed by atoms with van der Waals surface area (Å²) in [6.07, 6.45) is 6.10. The molecule has 0 radical (unpaired) electrons. The van der Waals surface area contributed by atoms with Crippen LogP contribution >= 0.6 is 0 Å². The molecule has 0 aliphatic carbocycles. The topological polar surface area (TPSA) is 54.5 Å². The van der Waals surface area contributed by atoms with Gasteiger partial charge in [0.25, 0.3) is 5.91 Å². The van der Waals surface area contributed by atoms with Crippen molar-refractivity contribution in [3.05, 3.63) is 53.7 Å². The van der Waals surface area contributed by atoms with Gasteiger partial charge in [0.1, 0.15) is 11.6 Å². The molecule has 26 heavy (non-hydrogen) atoms. The standard InChI is InChI=1S/C21H27N3O2/c1-3-18-9-6-7-13-24(18)21(25)17-11-12-20(23-15-17)22-14-16-8-4-5-10-19(16)26-2/h4-5,8,10-12,15,18H,3,6-7,9,13-14H2,1-2H3,(H,22,23). The third kappa shape index (κ3) is 4.15. The SMILES string of the molecule is CCC1CCCCN1C(=O)c1ccc(NCc2ccccc2OC)nc1. The van der Waals surface area contributed by atoms with Crippen LogP contribution in [0.2, 0.25) is 0 Å². The Balaban J connectivity index is 1.63. The van der Waals surface area contributed by atoms with Gasteiger partial charge in [-0.15, -0.1) is 0 Å². The van der Waals surface area contributed by atoms with Crippen LogP contribution in [-0.2, 0) is 6.54 Å². The molecule has 1 saturated heterocycles. The molecule has 1 aliphatic rings. The Labute approximate surface area is 155 Å². The Morgan fingerprint density at radius 2 is 2.12 bits per heavy atom. The molecule has 1 aliphatic heterocycles. The van der Waals surface area contributed by atoms with E-state index in [0.29, 0.717) is 18.2 Å². The average molecular weight is 353 g/mol. The molecule has 1 amide bonds. The minimum atomic E-state index is 0.0975. The van der Waals surface area contributed by atoms with Crippen molar-refractivity contribution >= 4 is 11.7 Å². The number of rotatable bonds is 6. The highest BCUT2D eigenvalue weighted by molar-refractivity contribution is 5.94. The summed E-state index contributed by atoms with van der Waals surface area (Å²) < 4.78 is 5.36. The molecule has 3 rings (SSSR count). The Hall–Kier alpha value is -2.56. The molecule has 0 bridgehead atoms. The maximum absolute atomic E-state index is 12.8. The van der Waals surface area contributed by atoms with Gasteiger partial charge in [-0.2, -0.15) is 0 Å². The number of hydrogen-bond acceptors (Lipinski definition) is 4. The third-order valence-electron chi connectivity index (χ3n) is 5.02. The third-order valence-corrected chi connectivity index (χ3v) is 5.02. The quantitative estimate of drug-likeness (QED) is 0.849. The molecule has 1 atom stereocenters. The minimum Gasteiger partial charge on any atom is -0.496 e. The van der Waals surface area contributed by atoms with E-state index in [1.54, 1.807) is 13.3 Å². The molecular formula is C21H27N3O2. The summed E-state index contributed by atoms with van der Waals surface area (Å²) in [4.78, 5) is 19.2. The second-order valence-electron chi connectivity index (χ2n) is 6.65. The fraction of sp³-hybridized carbons (Fsp3) is 0.429. The molecule has 1 aromatic heterocycles. The number of nitrogens with zero attached hydrogens (tertiary/aromatic N) is 2. The van der Waals surface area contributed by atoms with Crippen LogP contribution in [-0.4, -0.2) is 35.5 Å². The molecule has 2 heterocycles. The first-order chi connectivity index (χ1) is 12.7. The number of carbonyl (C=O) groups excluding carboxylic acids is 1. The molecule has 1 fully saturated rings. The van der Waals surface area contributed by atoms with Gasteiger partial charge in [0.15, 0.2) is 0 Å². The summed E-state index contributed by atoms with van der Waals surface area (Å²) >= 11 is 0. The van der Waals surface area contributed by atoms with Crippen molar-refractivity contribution < 1.29 is 9.53 Å². The molecule has 5 nitrogen and oxygen atoms in total. The van der Waals surface area contributed by atoms with Crippen molar-refractivity contribution in [3.8, 4) is 5.75 Å². The summed E-state index contributed by atoms with van der Waals surface area (Å²) in [5.41, 5.74) is 1.73. The van der Waals surface area contributed by atoms with Crippen LogP contribution in [0, 0.1) is 0 Å². The summed E-state index contributed by atoms with van der Waals surface area (Å²) in [7, 11) is 1.67. The van der Waals surface area contributed by atoms with E-state index in [9.17, 15) is 4.79 Å². The molecule has 0 spiro atoms. The zero-order chi connectivity index (χ0) is 18.4. The molecule has 138 valence electrons. The number of aromatic nitrogens is 1. The lowest BCUT2D eigenvalue weighted by molar-refractivity contribution is 0.0607. The van der Waals surface area contributed by atoms with Gasteiger partial charge in [0.05, 0.1) is 12.7 Å². The maximum atomic E-state index is 12.8. The maximum Gasteiger partial charge on any atom is 0.255 e. The lowest BCUT2D eigenvalue weighted by atomic mass is 9.99. The van der Waals surface area contributed by atoms with Crippen LogP contribution in [0.25, 0.3) is 0 Å². The van der Waals surface area contributed by atoms with Gasteiger partial charge in [-0.25, -0.2) is 4.98 Å². The molecule has 1 aromatic carbocycles. The highest BCUT2D eigenvalue weighted by atomic mass is 16.5. The second-order valence-corrected chi connectivity index (χ2v) is 6.65. The smallest absolute Gasteiger partial charge is 0.255 e. The van der Waals surface area contributed by atoms with Gasteiger partial charge in [-0.3, -0.25) is 4.79 Å². The molecule has 1 N–H and O–H groups in total. The summed E-state index contributed by atoms with van der Waals surface area (Å²) in [5.74, 6) is 1.70. The lowest BCUT2D eigenvalue weighted by Gasteiger charge is -2.35. The highest BCUT2D eigenvalue weighted by Crippen LogP contribution is 2.22. The zero-order valence-electron chi connectivity index (χ0n) is 15.6. The van der Waals surface area contributed by atoms with Gasteiger partial charge in [0, 0.05) is 30.9 Å². The van der Waals surface area contributed by atoms with E-state index in [2.05, 4.69) is 17.2 Å². The summed E-state index contributed by atoms with van der Waals surface area (Å²) in [6, 6.07) is 12.0. The minimum absolute atomic E-state index is 0.0975. The number of ether oxygens (including phenoxy) is 1. The van der Waals surface area contributed by atoms with Crippen LogP contribution in [0.15, 0.2) is 42.6 Å². The Kier molecular flexibility index (Phi) is 6.10. The lowest BCUT2D eigenvalue weighted by Crippen LogP contribution is -2.43. The number of pyridine rings is 1. The number of piperidine rings is 1. The van der Waals surface area contributed by atoms with Crippen molar-refractivity contribution in [1.29, 1.82) is 0 Å². The van der Waals surface area contributed by atoms with Gasteiger partial charge >= 0.3 is 0 Å². The Morgan fingerprint density at radius 3 is 2.85 bits per heavy atom. The Morgan fingerprint density at radius 1 is 1.27 bits per heavy atom. The van der Waals surface area contributed by atoms with Crippen LogP contribution in [0.3, 0.4) is 0 Å². The van der Waals surface area contributed by atoms with Crippen molar-refractivity contribution in [1.82, 2.24) is 9.88 Å². The number of amides is 1. The van der Waals surface area contributed by atoms with Crippen molar-refractivity contribution in [2.45, 2.75) is 45.2 Å². The number of hydrogen-bond donors (Lipinski definition) is 1. The average Bonchev–Trinajstić information content (AvgIpc) is 2.72. The van der Waals surface area contributed by atoms with Crippen molar-refractivity contribution in [3.63, 3.8) is 0 Å². The fourth-order valence-electron chi connectivity index (χ4n) is 3.52. The van der Waals surface area contributed by atoms with Crippen LogP contribution < -0.4 is 10.1 Å². The van der Waals surface area contributed by atoms with Gasteiger partial charge < -0.3 is 15.0 Å². The molecule has 0 saturated carbocycles. The van der Waals surface area contributed by atoms with Gasteiger partial charge in [-0.1, -0.05) is 25.1 Å². The largest absolute Gasteiger partial charge is 0.496 e. The molecule has 2 aromatic rings. The first-order valence-electron chi connectivity index (χ1n) is 9.35. The number of likely N-dealkylation sites (tertiary alicyclic amines) is 1. The van der Waals surface area contributed by atoms with Crippen molar-refractivity contribution in [2.75, 3.05) is 19.0 Å². The molecular weight excluding hydrogens is 326 g/mol. The van der Waals surface area contributed by atoms with Crippen molar-refractivity contribution in [2.24, 2.45) is 0 Å². The molecule has 5 heteroatoms. The van der Waals surface area contributed by atoms with E-state index in [-0.39, 0.29) is 5.91 Å². The number of benzene rings is 1. The predicted octanol–water partition coefficient (Wildman–Crippen LogP) is 4.11. The van der Waals surface area contributed by atoms with Crippen LogP contribution in [0.1, 0.15) is 48.5 Å². The Bertz CT molecular complexity index is 730. The number of anilines is 1. The van der Waals surface area contributed by atoms with Gasteiger partial charge in [-0.05, 0) is 43.9 Å². The number of methoxy groups -OCH3 is 1. The second kappa shape index (κ2) is 8.70. The highest BCUT2D eigenvalue weighted by Gasteiger charge is 2.26. The number of nitrogens with one attached hydrogen (secondary N) is 1. The van der Waals surface area contributed by atoms with Gasteiger partial charge in [0.2, 0.25) is 0 Å². The van der Waals surface area contributed by atoms with E-state index in [1.165, 1.54) is 6.42 Å².